The molecule has 0 unspecified atom stereocenters. The van der Waals surface area contributed by atoms with Gasteiger partial charge in [0.05, 0.1) is 5.75 Å². The topological polar surface area (TPSA) is 58.6 Å². The molecule has 0 atom stereocenters. The first-order valence-electron chi connectivity index (χ1n) is 4.73. The standard InChI is InChI=1S/C11H16N2OS/c1-8-3-9(2)5-10(4-8)6-15-7-11(12)13-14/h3-5,14H,6-7H2,1-2H3,(H2,12,13). The second-order valence-corrected chi connectivity index (χ2v) is 4.57. The van der Waals surface area contributed by atoms with Gasteiger partial charge in [0.2, 0.25) is 0 Å². The lowest BCUT2D eigenvalue weighted by Crippen LogP contribution is -2.14. The number of rotatable bonds is 4. The molecule has 0 aliphatic carbocycles. The van der Waals surface area contributed by atoms with Crippen molar-refractivity contribution in [1.82, 2.24) is 0 Å². The number of aryl methyl sites for hydroxylation is 2. The van der Waals surface area contributed by atoms with Crippen LogP contribution in [-0.2, 0) is 5.75 Å². The SMILES string of the molecule is Cc1cc(C)cc(CSCC(N)=NO)c1. The van der Waals surface area contributed by atoms with Gasteiger partial charge in [-0.15, -0.1) is 11.8 Å². The minimum absolute atomic E-state index is 0.268. The van der Waals surface area contributed by atoms with Crippen molar-refractivity contribution in [3.63, 3.8) is 0 Å². The highest BCUT2D eigenvalue weighted by atomic mass is 32.2. The van der Waals surface area contributed by atoms with E-state index in [4.69, 9.17) is 10.9 Å². The number of nitrogens with zero attached hydrogens (tertiary/aromatic N) is 1. The Morgan fingerprint density at radius 2 is 1.93 bits per heavy atom. The van der Waals surface area contributed by atoms with Crippen LogP contribution in [0.4, 0.5) is 0 Å². The Labute approximate surface area is 94.4 Å². The Morgan fingerprint density at radius 3 is 2.47 bits per heavy atom. The molecular weight excluding hydrogens is 208 g/mol. The van der Waals surface area contributed by atoms with E-state index in [9.17, 15) is 0 Å². The summed E-state index contributed by atoms with van der Waals surface area (Å²) in [7, 11) is 0. The quantitative estimate of drug-likeness (QED) is 0.357. The Bertz CT molecular complexity index is 343. The van der Waals surface area contributed by atoms with Crippen molar-refractivity contribution >= 4 is 17.6 Å². The summed E-state index contributed by atoms with van der Waals surface area (Å²) in [5.74, 6) is 1.71. The number of hydrogen-bond donors (Lipinski definition) is 2. The van der Waals surface area contributed by atoms with E-state index in [1.165, 1.54) is 16.7 Å². The van der Waals surface area contributed by atoms with E-state index >= 15 is 0 Å². The van der Waals surface area contributed by atoms with Crippen LogP contribution in [0, 0.1) is 13.8 Å². The minimum Gasteiger partial charge on any atom is -0.409 e. The summed E-state index contributed by atoms with van der Waals surface area (Å²) in [6.45, 7) is 4.18. The van der Waals surface area contributed by atoms with Crippen LogP contribution in [0.5, 0.6) is 0 Å². The van der Waals surface area contributed by atoms with Crippen molar-refractivity contribution in [2.24, 2.45) is 10.9 Å². The first kappa shape index (κ1) is 11.9. The molecule has 0 aromatic heterocycles. The second-order valence-electron chi connectivity index (χ2n) is 3.58. The molecule has 4 heteroatoms. The van der Waals surface area contributed by atoms with E-state index in [1.54, 1.807) is 11.8 Å². The van der Waals surface area contributed by atoms with Crippen molar-refractivity contribution in [3.05, 3.63) is 34.9 Å². The zero-order valence-electron chi connectivity index (χ0n) is 9.03. The van der Waals surface area contributed by atoms with Gasteiger partial charge in [-0.25, -0.2) is 0 Å². The number of oxime groups is 1. The predicted molar refractivity (Wildman–Crippen MR) is 65.5 cm³/mol. The number of thioether (sulfide) groups is 1. The van der Waals surface area contributed by atoms with Gasteiger partial charge in [-0.2, -0.15) is 0 Å². The molecule has 3 N–H and O–H groups in total. The van der Waals surface area contributed by atoms with Crippen LogP contribution in [0.2, 0.25) is 0 Å². The summed E-state index contributed by atoms with van der Waals surface area (Å²) in [6, 6.07) is 6.47. The second kappa shape index (κ2) is 5.66. The predicted octanol–water partition coefficient (Wildman–Crippen LogP) is 2.28. The third-order valence-corrected chi connectivity index (χ3v) is 2.97. The van der Waals surface area contributed by atoms with Crippen LogP contribution in [0.3, 0.4) is 0 Å². The minimum atomic E-state index is 0.268. The van der Waals surface area contributed by atoms with Crippen LogP contribution >= 0.6 is 11.8 Å². The average molecular weight is 224 g/mol. The Kier molecular flexibility index (Phi) is 4.49. The summed E-state index contributed by atoms with van der Waals surface area (Å²) in [5, 5.41) is 11.3. The van der Waals surface area contributed by atoms with E-state index in [2.05, 4.69) is 37.2 Å². The number of hydrogen-bond acceptors (Lipinski definition) is 3. The highest BCUT2D eigenvalue weighted by Crippen LogP contribution is 2.15. The molecule has 0 aliphatic heterocycles. The molecular formula is C11H16N2OS. The van der Waals surface area contributed by atoms with E-state index in [0.717, 1.165) is 5.75 Å². The molecule has 1 rings (SSSR count). The van der Waals surface area contributed by atoms with Crippen LogP contribution < -0.4 is 5.73 Å². The van der Waals surface area contributed by atoms with Crippen LogP contribution in [-0.4, -0.2) is 16.8 Å². The molecule has 3 nitrogen and oxygen atoms in total. The Balaban J connectivity index is 2.51. The molecule has 0 amide bonds. The van der Waals surface area contributed by atoms with Crippen molar-refractivity contribution in [1.29, 1.82) is 0 Å². The maximum absolute atomic E-state index is 8.37. The van der Waals surface area contributed by atoms with Crippen molar-refractivity contribution in [2.45, 2.75) is 19.6 Å². The number of nitrogens with two attached hydrogens (primary N) is 1. The highest BCUT2D eigenvalue weighted by Gasteiger charge is 1.98. The maximum atomic E-state index is 8.37. The molecule has 1 aromatic rings. The van der Waals surface area contributed by atoms with Crippen LogP contribution in [0.15, 0.2) is 23.4 Å². The van der Waals surface area contributed by atoms with Gasteiger partial charge in [-0.1, -0.05) is 34.5 Å². The van der Waals surface area contributed by atoms with Crippen molar-refractivity contribution in [2.75, 3.05) is 5.75 Å². The molecule has 0 heterocycles. The molecule has 1 aromatic carbocycles. The van der Waals surface area contributed by atoms with Gasteiger partial charge in [0.25, 0.3) is 0 Å². The van der Waals surface area contributed by atoms with Gasteiger partial charge in [0.1, 0.15) is 5.84 Å². The normalized spacial score (nSPS) is 11.7. The molecule has 82 valence electrons. The summed E-state index contributed by atoms with van der Waals surface area (Å²) in [6.07, 6.45) is 0. The molecule has 0 bridgehead atoms. The number of benzene rings is 1. The molecule has 0 fully saturated rings. The summed E-state index contributed by atoms with van der Waals surface area (Å²) in [5.41, 5.74) is 9.20. The first-order chi connectivity index (χ1) is 7.11. The van der Waals surface area contributed by atoms with Crippen molar-refractivity contribution < 1.29 is 5.21 Å². The summed E-state index contributed by atoms with van der Waals surface area (Å²) < 4.78 is 0. The lowest BCUT2D eigenvalue weighted by atomic mass is 10.1. The molecule has 0 saturated heterocycles. The third kappa shape index (κ3) is 4.25. The molecule has 0 radical (unpaired) electrons. The number of amidine groups is 1. The highest BCUT2D eigenvalue weighted by molar-refractivity contribution is 7.99. The molecule has 0 saturated carbocycles. The zero-order valence-corrected chi connectivity index (χ0v) is 9.84. The molecule has 0 spiro atoms. The first-order valence-corrected chi connectivity index (χ1v) is 5.88. The van der Waals surface area contributed by atoms with Gasteiger partial charge >= 0.3 is 0 Å². The fourth-order valence-corrected chi connectivity index (χ4v) is 2.23. The van der Waals surface area contributed by atoms with Gasteiger partial charge in [-0.3, -0.25) is 0 Å². The van der Waals surface area contributed by atoms with Crippen molar-refractivity contribution in [3.8, 4) is 0 Å². The third-order valence-electron chi connectivity index (χ3n) is 1.93. The van der Waals surface area contributed by atoms with Gasteiger partial charge in [0.15, 0.2) is 0 Å². The van der Waals surface area contributed by atoms with E-state index in [-0.39, 0.29) is 5.84 Å². The van der Waals surface area contributed by atoms with Gasteiger partial charge < -0.3 is 10.9 Å². The zero-order chi connectivity index (χ0) is 11.3. The van der Waals surface area contributed by atoms with Gasteiger partial charge in [0, 0.05) is 5.75 Å². The largest absolute Gasteiger partial charge is 0.409 e. The smallest absolute Gasteiger partial charge is 0.149 e. The lowest BCUT2D eigenvalue weighted by Gasteiger charge is -2.04. The average Bonchev–Trinajstić information content (AvgIpc) is 2.16. The molecule has 0 aliphatic rings. The van der Waals surface area contributed by atoms with E-state index in [0.29, 0.717) is 5.75 Å². The Hall–Kier alpha value is -1.16. The fraction of sp³-hybridized carbons (Fsp3) is 0.364. The summed E-state index contributed by atoms with van der Waals surface area (Å²) in [4.78, 5) is 0. The Morgan fingerprint density at radius 1 is 1.33 bits per heavy atom. The monoisotopic (exact) mass is 224 g/mol. The van der Waals surface area contributed by atoms with E-state index in [1.807, 2.05) is 0 Å². The van der Waals surface area contributed by atoms with Crippen LogP contribution in [0.25, 0.3) is 0 Å². The van der Waals surface area contributed by atoms with E-state index < -0.39 is 0 Å². The fourth-order valence-electron chi connectivity index (χ4n) is 1.45. The maximum Gasteiger partial charge on any atom is 0.149 e. The lowest BCUT2D eigenvalue weighted by molar-refractivity contribution is 0.318. The van der Waals surface area contributed by atoms with Crippen LogP contribution in [0.1, 0.15) is 16.7 Å². The summed E-state index contributed by atoms with van der Waals surface area (Å²) >= 11 is 1.64. The molecule has 15 heavy (non-hydrogen) atoms. The van der Waals surface area contributed by atoms with Gasteiger partial charge in [-0.05, 0) is 19.4 Å².